The molecule has 3 rings (SSSR count). The van der Waals surface area contributed by atoms with Crippen LogP contribution in [0.5, 0.6) is 0 Å². The quantitative estimate of drug-likeness (QED) is 0.180. The van der Waals surface area contributed by atoms with E-state index in [2.05, 4.69) is 0 Å². The molecular weight excluding hydrogens is 428 g/mol. The van der Waals surface area contributed by atoms with Gasteiger partial charge < -0.3 is 69.6 Å². The standard InChI is InChI=1S/C17H30O14/c18-1-7-11(23)12(24)14(26)16(30-7)29-4-8-15(10(22)6(20)2-27-8)31-17-13(25)9(21)5(19)3-28-17/h5-26H,1-4H2/t5-,6+,7-,8-,9+,10-,11-,12+,13-,14-,15-,16-,17+/m1/s1. The monoisotopic (exact) mass is 458 g/mol. The summed E-state index contributed by atoms with van der Waals surface area (Å²) in [7, 11) is 0. The van der Waals surface area contributed by atoms with Gasteiger partial charge in [-0.3, -0.25) is 0 Å². The first-order valence-electron chi connectivity index (χ1n) is 9.86. The van der Waals surface area contributed by atoms with Crippen LogP contribution in [0.25, 0.3) is 0 Å². The Hall–Kier alpha value is -0.560. The van der Waals surface area contributed by atoms with Gasteiger partial charge in [0.2, 0.25) is 0 Å². The fourth-order valence-corrected chi connectivity index (χ4v) is 3.61. The van der Waals surface area contributed by atoms with Gasteiger partial charge in [-0.25, -0.2) is 0 Å². The third-order valence-corrected chi connectivity index (χ3v) is 5.60. The molecule has 0 saturated carbocycles. The number of hydrogen-bond acceptors (Lipinski definition) is 14. The van der Waals surface area contributed by atoms with E-state index in [0.717, 1.165) is 0 Å². The molecule has 0 aromatic heterocycles. The van der Waals surface area contributed by atoms with Crippen LogP contribution in [0.3, 0.4) is 0 Å². The molecule has 0 amide bonds. The maximum absolute atomic E-state index is 10.3. The second-order valence-corrected chi connectivity index (χ2v) is 7.81. The number of rotatable bonds is 6. The van der Waals surface area contributed by atoms with E-state index in [1.807, 2.05) is 0 Å². The topological polar surface area (TPSA) is 228 Å². The highest BCUT2D eigenvalue weighted by molar-refractivity contribution is 4.92. The molecule has 0 aliphatic carbocycles. The second kappa shape index (κ2) is 10.6. The van der Waals surface area contributed by atoms with E-state index in [-0.39, 0.29) is 13.2 Å². The van der Waals surface area contributed by atoms with E-state index in [4.69, 9.17) is 23.7 Å². The van der Waals surface area contributed by atoms with Crippen molar-refractivity contribution in [2.24, 2.45) is 0 Å². The zero-order valence-corrected chi connectivity index (χ0v) is 16.4. The Morgan fingerprint density at radius 1 is 0.645 bits per heavy atom. The van der Waals surface area contributed by atoms with Crippen molar-refractivity contribution in [1.82, 2.24) is 0 Å². The highest BCUT2D eigenvalue weighted by atomic mass is 16.7. The largest absolute Gasteiger partial charge is 0.394 e. The first kappa shape index (κ1) is 25.1. The van der Waals surface area contributed by atoms with Crippen molar-refractivity contribution >= 4 is 0 Å². The number of hydrogen-bond donors (Lipinski definition) is 9. The van der Waals surface area contributed by atoms with Gasteiger partial charge in [-0.05, 0) is 0 Å². The predicted molar refractivity (Wildman–Crippen MR) is 94.1 cm³/mol. The highest BCUT2D eigenvalue weighted by Crippen LogP contribution is 2.27. The molecule has 0 radical (unpaired) electrons. The summed E-state index contributed by atoms with van der Waals surface area (Å²) in [5.41, 5.74) is 0. The van der Waals surface area contributed by atoms with E-state index in [1.165, 1.54) is 0 Å². The van der Waals surface area contributed by atoms with Crippen LogP contribution in [0, 0.1) is 0 Å². The Balaban J connectivity index is 1.64. The highest BCUT2D eigenvalue weighted by Gasteiger charge is 2.48. The summed E-state index contributed by atoms with van der Waals surface area (Å²) in [6.07, 6.45) is -18.8. The molecule has 31 heavy (non-hydrogen) atoms. The van der Waals surface area contributed by atoms with Gasteiger partial charge in [-0.2, -0.15) is 0 Å². The molecule has 0 aromatic rings. The lowest BCUT2D eigenvalue weighted by Gasteiger charge is -2.43. The van der Waals surface area contributed by atoms with Crippen LogP contribution in [-0.4, -0.2) is 152 Å². The molecular formula is C17H30O14. The molecule has 3 aliphatic rings. The minimum Gasteiger partial charge on any atom is -0.394 e. The molecule has 13 atom stereocenters. The summed E-state index contributed by atoms with van der Waals surface area (Å²) < 4.78 is 26.7. The fourth-order valence-electron chi connectivity index (χ4n) is 3.61. The van der Waals surface area contributed by atoms with Gasteiger partial charge in [0, 0.05) is 0 Å². The number of aliphatic hydroxyl groups excluding tert-OH is 9. The summed E-state index contributed by atoms with van der Waals surface area (Å²) >= 11 is 0. The zero-order chi connectivity index (χ0) is 22.9. The van der Waals surface area contributed by atoms with Crippen LogP contribution >= 0.6 is 0 Å². The third-order valence-electron chi connectivity index (χ3n) is 5.60. The molecule has 0 unspecified atom stereocenters. The van der Waals surface area contributed by atoms with Crippen LogP contribution in [-0.2, 0) is 23.7 Å². The third kappa shape index (κ3) is 5.34. The van der Waals surface area contributed by atoms with Gasteiger partial charge in [0.15, 0.2) is 12.6 Å². The van der Waals surface area contributed by atoms with Crippen molar-refractivity contribution in [3.8, 4) is 0 Å². The van der Waals surface area contributed by atoms with Crippen molar-refractivity contribution in [2.45, 2.75) is 79.7 Å². The molecule has 3 aliphatic heterocycles. The molecule has 0 aromatic carbocycles. The molecule has 3 fully saturated rings. The molecule has 0 spiro atoms. The van der Waals surface area contributed by atoms with Crippen LogP contribution in [0.4, 0.5) is 0 Å². The fraction of sp³-hybridized carbons (Fsp3) is 1.00. The Labute approximate surface area is 176 Å². The van der Waals surface area contributed by atoms with Crippen LogP contribution in [0.2, 0.25) is 0 Å². The van der Waals surface area contributed by atoms with Crippen LogP contribution in [0.1, 0.15) is 0 Å². The number of aliphatic hydroxyl groups is 9. The number of ether oxygens (including phenoxy) is 5. The maximum atomic E-state index is 10.3. The molecule has 3 heterocycles. The van der Waals surface area contributed by atoms with Crippen molar-refractivity contribution in [1.29, 1.82) is 0 Å². The molecule has 0 bridgehead atoms. The van der Waals surface area contributed by atoms with Gasteiger partial charge in [0.1, 0.15) is 67.1 Å². The smallest absolute Gasteiger partial charge is 0.186 e. The van der Waals surface area contributed by atoms with Crippen molar-refractivity contribution < 1.29 is 69.6 Å². The van der Waals surface area contributed by atoms with E-state index < -0.39 is 92.9 Å². The Kier molecular flexibility index (Phi) is 8.56. The van der Waals surface area contributed by atoms with Crippen molar-refractivity contribution in [3.05, 3.63) is 0 Å². The summed E-state index contributed by atoms with van der Waals surface area (Å²) in [6.45, 7) is -1.68. The Morgan fingerprint density at radius 3 is 1.94 bits per heavy atom. The molecule has 9 N–H and O–H groups in total. The Morgan fingerprint density at radius 2 is 1.26 bits per heavy atom. The predicted octanol–water partition coefficient (Wildman–Crippen LogP) is -6.25. The lowest BCUT2D eigenvalue weighted by Crippen LogP contribution is -2.62. The van der Waals surface area contributed by atoms with Crippen LogP contribution in [0.15, 0.2) is 0 Å². The molecule has 14 nitrogen and oxygen atoms in total. The van der Waals surface area contributed by atoms with E-state index >= 15 is 0 Å². The van der Waals surface area contributed by atoms with Crippen LogP contribution < -0.4 is 0 Å². The van der Waals surface area contributed by atoms with Gasteiger partial charge >= 0.3 is 0 Å². The maximum Gasteiger partial charge on any atom is 0.186 e. The minimum absolute atomic E-state index is 0.293. The summed E-state index contributed by atoms with van der Waals surface area (Å²) in [6, 6.07) is 0. The lowest BCUT2D eigenvalue weighted by molar-refractivity contribution is -0.331. The molecule has 182 valence electrons. The minimum atomic E-state index is -1.66. The van der Waals surface area contributed by atoms with Gasteiger partial charge in [0.05, 0.1) is 26.4 Å². The summed E-state index contributed by atoms with van der Waals surface area (Å²) in [5, 5.41) is 88.6. The van der Waals surface area contributed by atoms with Crippen molar-refractivity contribution in [3.63, 3.8) is 0 Å². The lowest BCUT2D eigenvalue weighted by atomic mass is 9.98. The van der Waals surface area contributed by atoms with Gasteiger partial charge in [0.25, 0.3) is 0 Å². The van der Waals surface area contributed by atoms with Crippen molar-refractivity contribution in [2.75, 3.05) is 26.4 Å². The van der Waals surface area contributed by atoms with Gasteiger partial charge in [-0.1, -0.05) is 0 Å². The zero-order valence-electron chi connectivity index (χ0n) is 16.4. The van der Waals surface area contributed by atoms with E-state index in [1.54, 1.807) is 0 Å². The van der Waals surface area contributed by atoms with E-state index in [9.17, 15) is 46.0 Å². The first-order chi connectivity index (χ1) is 14.6. The van der Waals surface area contributed by atoms with E-state index in [0.29, 0.717) is 0 Å². The molecule has 14 heteroatoms. The summed E-state index contributed by atoms with van der Waals surface area (Å²) in [4.78, 5) is 0. The van der Waals surface area contributed by atoms with Gasteiger partial charge in [-0.15, -0.1) is 0 Å². The Bertz CT molecular complexity index is 565. The molecule has 3 saturated heterocycles. The second-order valence-electron chi connectivity index (χ2n) is 7.81. The normalized spacial score (nSPS) is 51.6. The average Bonchev–Trinajstić information content (AvgIpc) is 2.76. The summed E-state index contributed by atoms with van der Waals surface area (Å²) in [5.74, 6) is 0. The SMILES string of the molecule is OC[C@H]1O[C@@H](OC[C@H]2OC[C@H](O)[C@@H](O)[C@@H]2O[C@@H]2OC[C@@H](O)[C@H](O)[C@H]2O)[C@H](O)[C@@H](O)[C@@H]1O. The average molecular weight is 458 g/mol. The first-order valence-corrected chi connectivity index (χ1v) is 9.86.